The van der Waals surface area contributed by atoms with E-state index in [1.54, 1.807) is 12.1 Å². The molecular formula is C11H8O5. The summed E-state index contributed by atoms with van der Waals surface area (Å²) in [4.78, 5) is 11.2. The van der Waals surface area contributed by atoms with Gasteiger partial charge in [0, 0.05) is 11.5 Å². The van der Waals surface area contributed by atoms with E-state index in [-0.39, 0.29) is 6.79 Å². The maximum Gasteiger partial charge on any atom is 0.336 e. The standard InChI is InChI=1S/C11H8O5/c1-13-11-9-6(2-3-8(12)16-9)4-7-10(11)15-5-14-7/h2-4H,5H2,1H3. The SMILES string of the molecule is COc1c2c(cc3ccc(=O)oc13)OCO2. The third-order valence-corrected chi connectivity index (χ3v) is 2.41. The van der Waals surface area contributed by atoms with E-state index in [4.69, 9.17) is 18.6 Å². The monoisotopic (exact) mass is 220 g/mol. The molecule has 0 atom stereocenters. The number of ether oxygens (including phenoxy) is 3. The molecule has 0 fully saturated rings. The van der Waals surface area contributed by atoms with Gasteiger partial charge in [-0.1, -0.05) is 0 Å². The zero-order valence-corrected chi connectivity index (χ0v) is 8.48. The van der Waals surface area contributed by atoms with Crippen LogP contribution in [-0.2, 0) is 0 Å². The molecule has 0 N–H and O–H groups in total. The van der Waals surface area contributed by atoms with Crippen molar-refractivity contribution < 1.29 is 18.6 Å². The van der Waals surface area contributed by atoms with Crippen molar-refractivity contribution in [2.45, 2.75) is 0 Å². The van der Waals surface area contributed by atoms with E-state index >= 15 is 0 Å². The molecule has 3 rings (SSSR count). The highest BCUT2D eigenvalue weighted by Crippen LogP contribution is 2.45. The third kappa shape index (κ3) is 1.14. The molecule has 5 nitrogen and oxygen atoms in total. The van der Waals surface area contributed by atoms with Crippen molar-refractivity contribution in [3.63, 3.8) is 0 Å². The molecule has 0 saturated heterocycles. The predicted octanol–water partition coefficient (Wildman–Crippen LogP) is 1.53. The van der Waals surface area contributed by atoms with Gasteiger partial charge in [0.25, 0.3) is 0 Å². The van der Waals surface area contributed by atoms with Gasteiger partial charge >= 0.3 is 5.63 Å². The molecule has 5 heteroatoms. The molecule has 82 valence electrons. The number of hydrogen-bond donors (Lipinski definition) is 0. The van der Waals surface area contributed by atoms with Gasteiger partial charge in [-0.05, 0) is 12.1 Å². The van der Waals surface area contributed by atoms with E-state index in [0.717, 1.165) is 5.39 Å². The van der Waals surface area contributed by atoms with Crippen LogP contribution >= 0.6 is 0 Å². The number of fused-ring (bicyclic) bond motifs is 2. The van der Waals surface area contributed by atoms with Crippen LogP contribution in [0.5, 0.6) is 17.2 Å². The second kappa shape index (κ2) is 3.16. The van der Waals surface area contributed by atoms with Crippen LogP contribution in [0, 0.1) is 0 Å². The minimum Gasteiger partial charge on any atom is -0.490 e. The highest BCUT2D eigenvalue weighted by atomic mass is 16.7. The summed E-state index contributed by atoms with van der Waals surface area (Å²) >= 11 is 0. The zero-order valence-electron chi connectivity index (χ0n) is 8.48. The predicted molar refractivity (Wildman–Crippen MR) is 55.2 cm³/mol. The Bertz CT molecular complexity index is 614. The fourth-order valence-electron chi connectivity index (χ4n) is 1.72. The quantitative estimate of drug-likeness (QED) is 0.682. The van der Waals surface area contributed by atoms with Gasteiger partial charge in [-0.25, -0.2) is 4.79 Å². The number of rotatable bonds is 1. The first-order valence-electron chi connectivity index (χ1n) is 4.70. The van der Waals surface area contributed by atoms with Crippen LogP contribution in [0.2, 0.25) is 0 Å². The molecule has 0 spiro atoms. The first kappa shape index (κ1) is 9.08. The normalized spacial score (nSPS) is 13.1. The smallest absolute Gasteiger partial charge is 0.336 e. The van der Waals surface area contributed by atoms with Gasteiger partial charge in [0.05, 0.1) is 7.11 Å². The van der Waals surface area contributed by atoms with Crippen LogP contribution < -0.4 is 19.8 Å². The zero-order chi connectivity index (χ0) is 11.1. The van der Waals surface area contributed by atoms with Crippen LogP contribution in [0.15, 0.2) is 27.4 Å². The minimum atomic E-state index is -0.426. The third-order valence-electron chi connectivity index (χ3n) is 2.41. The molecule has 0 saturated carbocycles. The van der Waals surface area contributed by atoms with Gasteiger partial charge in [0.2, 0.25) is 18.3 Å². The fourth-order valence-corrected chi connectivity index (χ4v) is 1.72. The van der Waals surface area contributed by atoms with Gasteiger partial charge in [-0.2, -0.15) is 0 Å². The highest BCUT2D eigenvalue weighted by Gasteiger charge is 2.23. The van der Waals surface area contributed by atoms with Crippen LogP contribution in [0.1, 0.15) is 0 Å². The Morgan fingerprint density at radius 2 is 2.19 bits per heavy atom. The van der Waals surface area contributed by atoms with E-state index < -0.39 is 5.63 Å². The number of hydrogen-bond acceptors (Lipinski definition) is 5. The summed E-state index contributed by atoms with van der Waals surface area (Å²) in [6, 6.07) is 4.76. The topological polar surface area (TPSA) is 57.9 Å². The van der Waals surface area contributed by atoms with Crippen molar-refractivity contribution in [1.82, 2.24) is 0 Å². The summed E-state index contributed by atoms with van der Waals surface area (Å²) < 4.78 is 20.8. The van der Waals surface area contributed by atoms with Gasteiger partial charge in [0.15, 0.2) is 11.3 Å². The van der Waals surface area contributed by atoms with Crippen molar-refractivity contribution in [1.29, 1.82) is 0 Å². The highest BCUT2D eigenvalue weighted by molar-refractivity contribution is 5.88. The van der Waals surface area contributed by atoms with Crippen molar-refractivity contribution in [2.24, 2.45) is 0 Å². The lowest BCUT2D eigenvalue weighted by molar-refractivity contribution is 0.171. The van der Waals surface area contributed by atoms with E-state index in [9.17, 15) is 4.79 Å². The second-order valence-corrected chi connectivity index (χ2v) is 3.32. The molecule has 0 amide bonds. The maximum absolute atomic E-state index is 11.2. The first-order chi connectivity index (χ1) is 7.79. The largest absolute Gasteiger partial charge is 0.490 e. The molecule has 0 aliphatic carbocycles. The number of benzene rings is 1. The van der Waals surface area contributed by atoms with E-state index in [0.29, 0.717) is 22.8 Å². The summed E-state index contributed by atoms with van der Waals surface area (Å²) in [5, 5.41) is 0.737. The van der Waals surface area contributed by atoms with E-state index in [1.807, 2.05) is 0 Å². The summed E-state index contributed by atoms with van der Waals surface area (Å²) in [6.45, 7) is 0.145. The van der Waals surface area contributed by atoms with Crippen LogP contribution in [0.25, 0.3) is 11.0 Å². The second-order valence-electron chi connectivity index (χ2n) is 3.32. The molecule has 0 bridgehead atoms. The van der Waals surface area contributed by atoms with Gasteiger partial charge in [-0.3, -0.25) is 0 Å². The Hall–Kier alpha value is -2.17. The Labute approximate surface area is 90.1 Å². The molecule has 0 radical (unpaired) electrons. The molecule has 2 heterocycles. The first-order valence-corrected chi connectivity index (χ1v) is 4.70. The Balaban J connectivity index is 2.44. The summed E-state index contributed by atoms with van der Waals surface area (Å²) in [7, 11) is 1.49. The van der Waals surface area contributed by atoms with E-state index in [1.165, 1.54) is 13.2 Å². The van der Waals surface area contributed by atoms with E-state index in [2.05, 4.69) is 0 Å². The fraction of sp³-hybridized carbons (Fsp3) is 0.182. The van der Waals surface area contributed by atoms with Gasteiger partial charge < -0.3 is 18.6 Å². The van der Waals surface area contributed by atoms with Crippen molar-refractivity contribution in [2.75, 3.05) is 13.9 Å². The molecule has 2 aromatic rings. The Morgan fingerprint density at radius 1 is 1.31 bits per heavy atom. The molecule has 1 aromatic carbocycles. The summed E-state index contributed by atoms with van der Waals surface area (Å²) in [5.74, 6) is 1.46. The lowest BCUT2D eigenvalue weighted by Crippen LogP contribution is -1.97. The lowest BCUT2D eigenvalue weighted by Gasteiger charge is -2.06. The van der Waals surface area contributed by atoms with Crippen LogP contribution in [0.3, 0.4) is 0 Å². The Kier molecular flexibility index (Phi) is 1.80. The maximum atomic E-state index is 11.2. The van der Waals surface area contributed by atoms with Crippen molar-refractivity contribution in [3.05, 3.63) is 28.6 Å². The van der Waals surface area contributed by atoms with Gasteiger partial charge in [-0.15, -0.1) is 0 Å². The van der Waals surface area contributed by atoms with Crippen molar-refractivity contribution in [3.8, 4) is 17.2 Å². The summed E-state index contributed by atoms with van der Waals surface area (Å²) in [6.07, 6.45) is 0. The Morgan fingerprint density at radius 3 is 3.00 bits per heavy atom. The molecule has 0 unspecified atom stereocenters. The van der Waals surface area contributed by atoms with Gasteiger partial charge in [0.1, 0.15) is 0 Å². The molecule has 1 aromatic heterocycles. The molecule has 1 aliphatic rings. The molecular weight excluding hydrogens is 212 g/mol. The lowest BCUT2D eigenvalue weighted by atomic mass is 10.2. The average molecular weight is 220 g/mol. The summed E-state index contributed by atoms with van der Waals surface area (Å²) in [5.41, 5.74) is -0.0519. The average Bonchev–Trinajstić information content (AvgIpc) is 2.73. The molecule has 16 heavy (non-hydrogen) atoms. The van der Waals surface area contributed by atoms with Crippen LogP contribution in [0.4, 0.5) is 0 Å². The minimum absolute atomic E-state index is 0.145. The van der Waals surface area contributed by atoms with Crippen molar-refractivity contribution >= 4 is 11.0 Å². The molecule has 1 aliphatic heterocycles. The van der Waals surface area contributed by atoms with Crippen LogP contribution in [-0.4, -0.2) is 13.9 Å². The number of methoxy groups -OCH3 is 1.